The number of carbonyl (C=O) groups excluding carboxylic acids is 1. The van der Waals surface area contributed by atoms with Crippen LogP contribution in [-0.4, -0.2) is 37.4 Å². The molecule has 1 aromatic carbocycles. The summed E-state index contributed by atoms with van der Waals surface area (Å²) >= 11 is 6.06. The van der Waals surface area contributed by atoms with Crippen molar-refractivity contribution in [3.8, 4) is 5.75 Å². The fraction of sp³-hybridized carbons (Fsp3) is 0.632. The van der Waals surface area contributed by atoms with Crippen molar-refractivity contribution in [1.29, 1.82) is 0 Å². The molecular weight excluding hydrogens is 395 g/mol. The van der Waals surface area contributed by atoms with Gasteiger partial charge in [0, 0.05) is 12.5 Å². The van der Waals surface area contributed by atoms with E-state index >= 15 is 0 Å². The number of nitrogens with zero attached hydrogens (tertiary/aromatic N) is 1. The van der Waals surface area contributed by atoms with Gasteiger partial charge in [-0.2, -0.15) is 0 Å². The summed E-state index contributed by atoms with van der Waals surface area (Å²) in [6.45, 7) is 5.77. The molecule has 1 heterocycles. The van der Waals surface area contributed by atoms with E-state index in [0.29, 0.717) is 34.4 Å². The molecule has 1 saturated heterocycles. The summed E-state index contributed by atoms with van der Waals surface area (Å²) in [5.41, 5.74) is 6.75. The molecule has 0 amide bonds. The highest BCUT2D eigenvalue weighted by molar-refractivity contribution is 6.33. The molecule has 1 fully saturated rings. The van der Waals surface area contributed by atoms with Crippen LogP contribution in [0.25, 0.3) is 0 Å². The molecule has 0 atom stereocenters. The zero-order valence-electron chi connectivity index (χ0n) is 15.6. The topological polar surface area (TPSA) is 55.6 Å². The summed E-state index contributed by atoms with van der Waals surface area (Å²) in [7, 11) is 1.55. The van der Waals surface area contributed by atoms with Crippen LogP contribution in [0.4, 0.5) is 5.69 Å². The van der Waals surface area contributed by atoms with Crippen LogP contribution in [0, 0.1) is 5.92 Å². The van der Waals surface area contributed by atoms with Crippen molar-refractivity contribution in [3.63, 3.8) is 0 Å². The molecule has 26 heavy (non-hydrogen) atoms. The molecule has 2 rings (SSSR count). The smallest absolute Gasteiger partial charge is 0.166 e. The van der Waals surface area contributed by atoms with E-state index in [1.54, 1.807) is 19.2 Å². The number of ketones is 1. The third-order valence-corrected chi connectivity index (χ3v) is 5.26. The Labute approximate surface area is 174 Å². The van der Waals surface area contributed by atoms with E-state index in [1.807, 2.05) is 0 Å². The van der Waals surface area contributed by atoms with Gasteiger partial charge in [-0.3, -0.25) is 4.79 Å². The summed E-state index contributed by atoms with van der Waals surface area (Å²) in [4.78, 5) is 15.1. The Morgan fingerprint density at radius 2 is 1.96 bits per heavy atom. The van der Waals surface area contributed by atoms with Crippen LogP contribution in [-0.2, 0) is 0 Å². The van der Waals surface area contributed by atoms with Gasteiger partial charge in [-0.15, -0.1) is 24.8 Å². The number of nitrogens with two attached hydrogens (primary N) is 1. The van der Waals surface area contributed by atoms with Gasteiger partial charge >= 0.3 is 0 Å². The van der Waals surface area contributed by atoms with Crippen molar-refractivity contribution in [1.82, 2.24) is 4.90 Å². The maximum atomic E-state index is 12.5. The highest BCUT2D eigenvalue weighted by Gasteiger charge is 2.21. The van der Waals surface area contributed by atoms with Gasteiger partial charge in [-0.1, -0.05) is 24.9 Å². The molecule has 0 spiro atoms. The van der Waals surface area contributed by atoms with Crippen LogP contribution >= 0.6 is 36.4 Å². The first-order valence-electron chi connectivity index (χ1n) is 8.93. The molecule has 0 bridgehead atoms. The first kappa shape index (κ1) is 25.3. The summed E-state index contributed by atoms with van der Waals surface area (Å²) in [6, 6.07) is 3.26. The van der Waals surface area contributed by atoms with Crippen LogP contribution < -0.4 is 10.5 Å². The van der Waals surface area contributed by atoms with Crippen molar-refractivity contribution in [3.05, 3.63) is 22.7 Å². The Balaban J connectivity index is 0.00000312. The average Bonchev–Trinajstić information content (AvgIpc) is 2.60. The van der Waals surface area contributed by atoms with Crippen LogP contribution in [0.15, 0.2) is 12.1 Å². The Morgan fingerprint density at radius 3 is 2.54 bits per heavy atom. The normalized spacial score (nSPS) is 15.0. The number of ether oxygens (including phenoxy) is 1. The summed E-state index contributed by atoms with van der Waals surface area (Å²) in [5, 5.41) is 0.406. The second kappa shape index (κ2) is 12.7. The standard InChI is InChI=1S/C19H29ClN2O2.2ClH/c1-3-4-9-22-10-7-14(8-11-22)5-6-18(23)15-12-16(20)17(21)13-19(15)24-2;;/h12-14H,3-11,21H2,1-2H3;2*1H. The minimum absolute atomic E-state index is 0. The van der Waals surface area contributed by atoms with Gasteiger partial charge in [-0.05, 0) is 57.3 Å². The number of nitrogen functional groups attached to an aromatic ring is 1. The predicted molar refractivity (Wildman–Crippen MR) is 115 cm³/mol. The number of hydrogen-bond donors (Lipinski definition) is 1. The maximum Gasteiger partial charge on any atom is 0.166 e. The number of rotatable bonds is 8. The number of piperidine rings is 1. The second-order valence-electron chi connectivity index (χ2n) is 6.67. The summed E-state index contributed by atoms with van der Waals surface area (Å²) in [6.07, 6.45) is 6.39. The Hall–Kier alpha value is -0.680. The average molecular weight is 426 g/mol. The molecule has 0 saturated carbocycles. The van der Waals surface area contributed by atoms with Crippen LogP contribution in [0.1, 0.15) is 55.8 Å². The summed E-state index contributed by atoms with van der Waals surface area (Å²) in [5.74, 6) is 1.24. The number of methoxy groups -OCH3 is 1. The lowest BCUT2D eigenvalue weighted by Gasteiger charge is -2.31. The quantitative estimate of drug-likeness (QED) is 0.456. The summed E-state index contributed by atoms with van der Waals surface area (Å²) < 4.78 is 5.28. The van der Waals surface area contributed by atoms with Gasteiger partial charge in [0.25, 0.3) is 0 Å². The highest BCUT2D eigenvalue weighted by atomic mass is 35.5. The van der Waals surface area contributed by atoms with Crippen molar-refractivity contribution >= 4 is 47.9 Å². The van der Waals surface area contributed by atoms with Gasteiger partial charge in [-0.25, -0.2) is 0 Å². The Kier molecular flexibility index (Phi) is 12.3. The number of Topliss-reactive ketones (excluding diaryl/α,β-unsaturated/α-hetero) is 1. The molecular formula is C19H31Cl3N2O2. The molecule has 0 radical (unpaired) electrons. The maximum absolute atomic E-state index is 12.5. The molecule has 1 aliphatic heterocycles. The third-order valence-electron chi connectivity index (χ3n) is 4.93. The van der Waals surface area contributed by atoms with Crippen LogP contribution in [0.5, 0.6) is 5.75 Å². The van der Waals surface area contributed by atoms with E-state index in [0.717, 1.165) is 19.5 Å². The number of anilines is 1. The van der Waals surface area contributed by atoms with Gasteiger partial charge in [0.05, 0.1) is 23.4 Å². The first-order chi connectivity index (χ1) is 11.5. The SMILES string of the molecule is CCCCN1CCC(CCC(=O)c2cc(Cl)c(N)cc2OC)CC1.Cl.Cl. The fourth-order valence-corrected chi connectivity index (χ4v) is 3.47. The van der Waals surface area contributed by atoms with Gasteiger partial charge in [0.1, 0.15) is 5.75 Å². The minimum atomic E-state index is 0. The van der Waals surface area contributed by atoms with Crippen LogP contribution in [0.3, 0.4) is 0 Å². The second-order valence-corrected chi connectivity index (χ2v) is 7.08. The molecule has 0 aliphatic carbocycles. The molecule has 2 N–H and O–H groups in total. The van der Waals surface area contributed by atoms with Crippen molar-refractivity contribution in [2.45, 2.75) is 45.4 Å². The first-order valence-corrected chi connectivity index (χ1v) is 9.31. The predicted octanol–water partition coefficient (Wildman–Crippen LogP) is 5.25. The monoisotopic (exact) mass is 424 g/mol. The Morgan fingerprint density at radius 1 is 1.31 bits per heavy atom. The van der Waals surface area contributed by atoms with Crippen molar-refractivity contribution in [2.24, 2.45) is 5.92 Å². The minimum Gasteiger partial charge on any atom is -0.496 e. The lowest BCUT2D eigenvalue weighted by molar-refractivity contribution is 0.0959. The molecule has 150 valence electrons. The van der Waals surface area contributed by atoms with E-state index < -0.39 is 0 Å². The van der Waals surface area contributed by atoms with E-state index in [1.165, 1.54) is 32.2 Å². The zero-order valence-corrected chi connectivity index (χ0v) is 18.0. The van der Waals surface area contributed by atoms with E-state index in [4.69, 9.17) is 22.1 Å². The van der Waals surface area contributed by atoms with E-state index in [2.05, 4.69) is 11.8 Å². The molecule has 0 aromatic heterocycles. The Bertz CT molecular complexity index is 562. The molecule has 0 unspecified atom stereocenters. The number of halogens is 3. The third kappa shape index (κ3) is 7.15. The molecule has 1 aromatic rings. The van der Waals surface area contributed by atoms with Gasteiger partial charge < -0.3 is 15.4 Å². The lowest BCUT2D eigenvalue weighted by atomic mass is 9.90. The number of benzene rings is 1. The molecule has 7 heteroatoms. The number of likely N-dealkylation sites (tertiary alicyclic amines) is 1. The molecule has 4 nitrogen and oxygen atoms in total. The fourth-order valence-electron chi connectivity index (χ4n) is 3.31. The van der Waals surface area contributed by atoms with Crippen molar-refractivity contribution in [2.75, 3.05) is 32.5 Å². The largest absolute Gasteiger partial charge is 0.496 e. The lowest BCUT2D eigenvalue weighted by Crippen LogP contribution is -2.34. The zero-order chi connectivity index (χ0) is 17.5. The van der Waals surface area contributed by atoms with Gasteiger partial charge in [0.2, 0.25) is 0 Å². The van der Waals surface area contributed by atoms with Crippen LogP contribution in [0.2, 0.25) is 5.02 Å². The number of unbranched alkanes of at least 4 members (excludes halogenated alkanes) is 1. The van der Waals surface area contributed by atoms with Gasteiger partial charge in [0.15, 0.2) is 5.78 Å². The van der Waals surface area contributed by atoms with E-state index in [-0.39, 0.29) is 30.6 Å². The number of hydrogen-bond acceptors (Lipinski definition) is 4. The van der Waals surface area contributed by atoms with Crippen molar-refractivity contribution < 1.29 is 9.53 Å². The molecule has 1 aliphatic rings. The van der Waals surface area contributed by atoms with E-state index in [9.17, 15) is 4.79 Å². The highest BCUT2D eigenvalue weighted by Crippen LogP contribution is 2.31. The number of carbonyl (C=O) groups is 1.